The maximum Gasteiger partial charge on any atom is 0.223 e. The van der Waals surface area contributed by atoms with Gasteiger partial charge in [0.1, 0.15) is 0 Å². The van der Waals surface area contributed by atoms with E-state index in [1.54, 1.807) is 4.90 Å². The molecule has 0 aromatic heterocycles. The highest BCUT2D eigenvalue weighted by Crippen LogP contribution is 2.21. The molecule has 0 atom stereocenters. The summed E-state index contributed by atoms with van der Waals surface area (Å²) in [5, 5.41) is 0.741. The molecular weight excluding hydrogens is 340 g/mol. The van der Waals surface area contributed by atoms with Gasteiger partial charge in [0.15, 0.2) is 0 Å². The third-order valence-corrected chi connectivity index (χ3v) is 5.24. The molecule has 2 fully saturated rings. The number of hydrogen-bond acceptors (Lipinski definition) is 4. The summed E-state index contributed by atoms with van der Waals surface area (Å²) in [4.78, 5) is 31.5. The molecule has 7 heteroatoms. The minimum Gasteiger partial charge on any atom is -0.368 e. The van der Waals surface area contributed by atoms with Gasteiger partial charge in [-0.25, -0.2) is 0 Å². The van der Waals surface area contributed by atoms with Crippen molar-refractivity contribution in [1.29, 1.82) is 0 Å². The highest BCUT2D eigenvalue weighted by atomic mass is 35.5. The zero-order chi connectivity index (χ0) is 17.6. The van der Waals surface area contributed by atoms with Crippen molar-refractivity contribution in [2.75, 3.05) is 63.8 Å². The molecule has 0 unspecified atom stereocenters. The molecule has 0 N–H and O–H groups in total. The summed E-state index contributed by atoms with van der Waals surface area (Å²) in [7, 11) is 0. The number of rotatable bonds is 5. The van der Waals surface area contributed by atoms with E-state index in [-0.39, 0.29) is 5.91 Å². The third kappa shape index (κ3) is 4.86. The van der Waals surface area contributed by atoms with E-state index in [0.717, 1.165) is 76.0 Å². The smallest absolute Gasteiger partial charge is 0.223 e. The first-order chi connectivity index (χ1) is 12.2. The summed E-state index contributed by atoms with van der Waals surface area (Å²) < 4.78 is 0. The molecule has 0 aliphatic carbocycles. The molecule has 2 aliphatic heterocycles. The standard InChI is InChI=1S/C18H25ClN4O2/c19-16-2-1-3-17(14-16)22-10-12-23(13-11-22)18(25)4-5-20-6-8-21(15-24)9-7-20/h1-3,14-15H,4-13H2. The SMILES string of the molecule is O=CN1CCN(CCC(=O)N2CCN(c3cccc(Cl)c3)CC2)CC1. The van der Waals surface area contributed by atoms with Crippen LogP contribution >= 0.6 is 11.6 Å². The lowest BCUT2D eigenvalue weighted by Crippen LogP contribution is -2.50. The average molecular weight is 365 g/mol. The predicted molar refractivity (Wildman–Crippen MR) is 98.9 cm³/mol. The van der Waals surface area contributed by atoms with Crippen molar-refractivity contribution >= 4 is 29.6 Å². The van der Waals surface area contributed by atoms with Gasteiger partial charge in [-0.1, -0.05) is 17.7 Å². The van der Waals surface area contributed by atoms with Gasteiger partial charge in [0.2, 0.25) is 12.3 Å². The Hall–Kier alpha value is -1.79. The van der Waals surface area contributed by atoms with Crippen molar-refractivity contribution < 1.29 is 9.59 Å². The number of anilines is 1. The summed E-state index contributed by atoms with van der Waals surface area (Å²) >= 11 is 6.06. The Morgan fingerprint density at radius 1 is 1.04 bits per heavy atom. The van der Waals surface area contributed by atoms with Crippen molar-refractivity contribution in [3.05, 3.63) is 29.3 Å². The first kappa shape index (κ1) is 18.0. The molecule has 0 bridgehead atoms. The zero-order valence-electron chi connectivity index (χ0n) is 14.4. The lowest BCUT2D eigenvalue weighted by atomic mass is 10.2. The largest absolute Gasteiger partial charge is 0.368 e. The summed E-state index contributed by atoms with van der Waals surface area (Å²) in [5.74, 6) is 0.226. The predicted octanol–water partition coefficient (Wildman–Crippen LogP) is 1.15. The van der Waals surface area contributed by atoms with Crippen LogP contribution in [0, 0.1) is 0 Å². The topological polar surface area (TPSA) is 47.1 Å². The van der Waals surface area contributed by atoms with E-state index in [4.69, 9.17) is 11.6 Å². The number of halogens is 1. The number of amides is 2. The van der Waals surface area contributed by atoms with Crippen LogP contribution < -0.4 is 4.90 Å². The van der Waals surface area contributed by atoms with Gasteiger partial charge in [0, 0.05) is 76.0 Å². The molecule has 25 heavy (non-hydrogen) atoms. The molecule has 2 saturated heterocycles. The van der Waals surface area contributed by atoms with E-state index < -0.39 is 0 Å². The fraction of sp³-hybridized carbons (Fsp3) is 0.556. The van der Waals surface area contributed by atoms with Crippen molar-refractivity contribution in [3.8, 4) is 0 Å². The van der Waals surface area contributed by atoms with E-state index in [1.807, 2.05) is 23.1 Å². The van der Waals surface area contributed by atoms with Crippen LogP contribution in [-0.2, 0) is 9.59 Å². The van der Waals surface area contributed by atoms with E-state index in [9.17, 15) is 9.59 Å². The second kappa shape index (κ2) is 8.54. The minimum absolute atomic E-state index is 0.226. The molecule has 1 aromatic carbocycles. The van der Waals surface area contributed by atoms with Gasteiger partial charge in [-0.15, -0.1) is 0 Å². The Bertz CT molecular complexity index is 596. The first-order valence-corrected chi connectivity index (χ1v) is 9.23. The van der Waals surface area contributed by atoms with Gasteiger partial charge in [-0.05, 0) is 18.2 Å². The molecule has 0 spiro atoms. The van der Waals surface area contributed by atoms with Crippen molar-refractivity contribution in [3.63, 3.8) is 0 Å². The maximum atomic E-state index is 12.5. The molecule has 3 rings (SSSR count). The third-order valence-electron chi connectivity index (χ3n) is 5.00. The lowest BCUT2D eigenvalue weighted by Gasteiger charge is -2.37. The first-order valence-electron chi connectivity index (χ1n) is 8.86. The van der Waals surface area contributed by atoms with E-state index in [2.05, 4.69) is 15.9 Å². The molecule has 2 aliphatic rings. The highest BCUT2D eigenvalue weighted by molar-refractivity contribution is 6.30. The molecular formula is C18H25ClN4O2. The monoisotopic (exact) mass is 364 g/mol. The summed E-state index contributed by atoms with van der Waals surface area (Å²) in [6.45, 7) is 7.19. The van der Waals surface area contributed by atoms with Crippen LogP contribution in [0.15, 0.2) is 24.3 Å². The number of carbonyl (C=O) groups excluding carboxylic acids is 2. The van der Waals surface area contributed by atoms with Crippen molar-refractivity contribution in [2.45, 2.75) is 6.42 Å². The van der Waals surface area contributed by atoms with Crippen LogP contribution in [0.25, 0.3) is 0 Å². The van der Waals surface area contributed by atoms with Gasteiger partial charge in [-0.2, -0.15) is 0 Å². The van der Waals surface area contributed by atoms with E-state index >= 15 is 0 Å². The van der Waals surface area contributed by atoms with Crippen molar-refractivity contribution in [2.24, 2.45) is 0 Å². The quantitative estimate of drug-likeness (QED) is 0.735. The van der Waals surface area contributed by atoms with Crippen molar-refractivity contribution in [1.82, 2.24) is 14.7 Å². The molecule has 2 amide bonds. The number of carbonyl (C=O) groups is 2. The van der Waals surface area contributed by atoms with Gasteiger partial charge < -0.3 is 14.7 Å². The van der Waals surface area contributed by atoms with Crippen LogP contribution in [-0.4, -0.2) is 85.9 Å². The number of nitrogens with zero attached hydrogens (tertiary/aromatic N) is 4. The second-order valence-electron chi connectivity index (χ2n) is 6.58. The Morgan fingerprint density at radius 3 is 2.40 bits per heavy atom. The average Bonchev–Trinajstić information content (AvgIpc) is 2.66. The van der Waals surface area contributed by atoms with Gasteiger partial charge in [-0.3, -0.25) is 14.5 Å². The second-order valence-corrected chi connectivity index (χ2v) is 7.02. The van der Waals surface area contributed by atoms with Gasteiger partial charge in [0.25, 0.3) is 0 Å². The van der Waals surface area contributed by atoms with E-state index in [1.165, 1.54) is 0 Å². The number of benzene rings is 1. The Kier molecular flexibility index (Phi) is 6.15. The summed E-state index contributed by atoms with van der Waals surface area (Å²) in [6.07, 6.45) is 1.46. The molecule has 0 radical (unpaired) electrons. The van der Waals surface area contributed by atoms with Crippen LogP contribution in [0.4, 0.5) is 5.69 Å². The van der Waals surface area contributed by atoms with Crippen LogP contribution in [0.2, 0.25) is 5.02 Å². The fourth-order valence-corrected chi connectivity index (χ4v) is 3.58. The van der Waals surface area contributed by atoms with Gasteiger partial charge >= 0.3 is 0 Å². The number of piperazine rings is 2. The fourth-order valence-electron chi connectivity index (χ4n) is 3.39. The van der Waals surface area contributed by atoms with Gasteiger partial charge in [0.05, 0.1) is 0 Å². The van der Waals surface area contributed by atoms with E-state index in [0.29, 0.717) is 6.42 Å². The summed E-state index contributed by atoms with van der Waals surface area (Å²) in [5.41, 5.74) is 1.12. The number of hydrogen-bond donors (Lipinski definition) is 0. The Balaban J connectivity index is 1.40. The molecule has 2 heterocycles. The molecule has 136 valence electrons. The van der Waals surface area contributed by atoms with Crippen LogP contribution in [0.5, 0.6) is 0 Å². The minimum atomic E-state index is 0.226. The van der Waals surface area contributed by atoms with Crippen LogP contribution in [0.1, 0.15) is 6.42 Å². The maximum absolute atomic E-state index is 12.5. The normalized spacial score (nSPS) is 19.2. The molecule has 1 aromatic rings. The summed E-state index contributed by atoms with van der Waals surface area (Å²) in [6, 6.07) is 7.86. The Morgan fingerprint density at radius 2 is 1.76 bits per heavy atom. The Labute approximate surface area is 153 Å². The highest BCUT2D eigenvalue weighted by Gasteiger charge is 2.22. The zero-order valence-corrected chi connectivity index (χ0v) is 15.2. The molecule has 6 nitrogen and oxygen atoms in total. The molecule has 0 saturated carbocycles. The lowest BCUT2D eigenvalue weighted by molar-refractivity contribution is -0.132. The van der Waals surface area contributed by atoms with Crippen LogP contribution in [0.3, 0.4) is 0 Å².